The van der Waals surface area contributed by atoms with Gasteiger partial charge in [-0.05, 0) is 13.0 Å². The number of nitrogens with zero attached hydrogens (tertiary/aromatic N) is 1. The van der Waals surface area contributed by atoms with E-state index in [-0.39, 0.29) is 12.1 Å². The number of hydrogen-bond acceptors (Lipinski definition) is 3. The van der Waals surface area contributed by atoms with Crippen LogP contribution >= 0.6 is 0 Å². The monoisotopic (exact) mass is 294 g/mol. The maximum atomic E-state index is 13.8. The van der Waals surface area contributed by atoms with E-state index in [1.807, 2.05) is 0 Å². The molecule has 1 aromatic rings. The molecule has 0 amide bonds. The van der Waals surface area contributed by atoms with Crippen molar-refractivity contribution < 1.29 is 22.7 Å². The van der Waals surface area contributed by atoms with Crippen molar-refractivity contribution in [3.8, 4) is 0 Å². The zero-order valence-corrected chi connectivity index (χ0v) is 11.1. The summed E-state index contributed by atoms with van der Waals surface area (Å²) in [5, 5.41) is 8.94. The first kappa shape index (κ1) is 16.9. The molecular formula is C13H18F4N2O. The third-order valence-electron chi connectivity index (χ3n) is 2.88. The lowest BCUT2D eigenvalue weighted by atomic mass is 9.98. The molecule has 3 N–H and O–H groups in total. The topological polar surface area (TPSA) is 49.5 Å². The number of hydrogen-bond donors (Lipinski definition) is 2. The van der Waals surface area contributed by atoms with Crippen molar-refractivity contribution in [2.75, 3.05) is 19.7 Å². The molecule has 0 bridgehead atoms. The zero-order chi connectivity index (χ0) is 15.3. The van der Waals surface area contributed by atoms with Crippen LogP contribution < -0.4 is 5.73 Å². The largest absolute Gasteiger partial charge is 0.401 e. The van der Waals surface area contributed by atoms with Crippen LogP contribution in [-0.2, 0) is 0 Å². The Morgan fingerprint density at radius 2 is 1.90 bits per heavy atom. The lowest BCUT2D eigenvalue weighted by molar-refractivity contribution is -0.153. The Morgan fingerprint density at radius 3 is 2.35 bits per heavy atom. The normalized spacial score (nSPS) is 15.4. The predicted molar refractivity (Wildman–Crippen MR) is 67.5 cm³/mol. The van der Waals surface area contributed by atoms with Crippen molar-refractivity contribution in [1.29, 1.82) is 0 Å². The average molecular weight is 294 g/mol. The van der Waals surface area contributed by atoms with Gasteiger partial charge in [-0.2, -0.15) is 13.2 Å². The minimum atomic E-state index is -4.45. The number of halogens is 4. The van der Waals surface area contributed by atoms with Gasteiger partial charge in [-0.25, -0.2) is 4.39 Å². The minimum Gasteiger partial charge on any atom is -0.395 e. The van der Waals surface area contributed by atoms with Gasteiger partial charge < -0.3 is 10.8 Å². The minimum absolute atomic E-state index is 0.0974. The first-order chi connectivity index (χ1) is 9.26. The highest BCUT2D eigenvalue weighted by atomic mass is 19.4. The lowest BCUT2D eigenvalue weighted by Crippen LogP contribution is -2.45. The van der Waals surface area contributed by atoms with E-state index in [0.29, 0.717) is 0 Å². The summed E-state index contributed by atoms with van der Waals surface area (Å²) in [6, 6.07) is 3.90. The highest BCUT2D eigenvalue weighted by molar-refractivity contribution is 5.22. The summed E-state index contributed by atoms with van der Waals surface area (Å²) in [5.74, 6) is -0.611. The molecule has 0 spiro atoms. The van der Waals surface area contributed by atoms with Gasteiger partial charge in [0, 0.05) is 18.2 Å². The molecule has 0 aliphatic carbocycles. The van der Waals surface area contributed by atoms with E-state index in [4.69, 9.17) is 10.8 Å². The van der Waals surface area contributed by atoms with Gasteiger partial charge in [-0.15, -0.1) is 0 Å². The van der Waals surface area contributed by atoms with E-state index < -0.39 is 37.2 Å². The van der Waals surface area contributed by atoms with Crippen LogP contribution in [0.5, 0.6) is 0 Å². The molecule has 2 atom stereocenters. The van der Waals surface area contributed by atoms with Crippen LogP contribution in [0.15, 0.2) is 24.3 Å². The Morgan fingerprint density at radius 1 is 1.30 bits per heavy atom. The van der Waals surface area contributed by atoms with Gasteiger partial charge >= 0.3 is 6.18 Å². The molecule has 0 radical (unpaired) electrons. The summed E-state index contributed by atoms with van der Waals surface area (Å²) in [6.45, 7) is -0.445. The fourth-order valence-electron chi connectivity index (χ4n) is 2.20. The smallest absolute Gasteiger partial charge is 0.395 e. The van der Waals surface area contributed by atoms with Gasteiger partial charge in [0.1, 0.15) is 5.82 Å². The first-order valence-corrected chi connectivity index (χ1v) is 6.18. The second-order valence-electron chi connectivity index (χ2n) is 4.63. The third-order valence-corrected chi connectivity index (χ3v) is 2.88. The van der Waals surface area contributed by atoms with Crippen molar-refractivity contribution in [1.82, 2.24) is 4.90 Å². The molecular weight excluding hydrogens is 276 g/mol. The van der Waals surface area contributed by atoms with Gasteiger partial charge in [0.25, 0.3) is 0 Å². The van der Waals surface area contributed by atoms with Gasteiger partial charge in [0.2, 0.25) is 0 Å². The third kappa shape index (κ3) is 4.73. The molecule has 1 aromatic carbocycles. The van der Waals surface area contributed by atoms with Crippen LogP contribution in [0.2, 0.25) is 0 Å². The standard InChI is InChI=1S/C13H18F4N2O/c1-9(18)12(10-4-2-3-5-11(10)14)19(6-7-20)8-13(15,16)17/h2-5,9,12,20H,6-8,18H2,1H3. The molecule has 0 aromatic heterocycles. The van der Waals surface area contributed by atoms with Crippen molar-refractivity contribution >= 4 is 0 Å². The van der Waals surface area contributed by atoms with E-state index in [1.54, 1.807) is 6.07 Å². The fraction of sp³-hybridized carbons (Fsp3) is 0.538. The number of rotatable bonds is 6. The Balaban J connectivity index is 3.12. The molecule has 2 unspecified atom stereocenters. The van der Waals surface area contributed by atoms with E-state index >= 15 is 0 Å². The summed E-state index contributed by atoms with van der Waals surface area (Å²) in [4.78, 5) is 0.948. The van der Waals surface area contributed by atoms with Gasteiger partial charge in [0.05, 0.1) is 19.2 Å². The summed E-state index contributed by atoms with van der Waals surface area (Å²) in [6.07, 6.45) is -4.45. The van der Waals surface area contributed by atoms with Crippen molar-refractivity contribution in [3.05, 3.63) is 35.6 Å². The molecule has 0 aliphatic rings. The highest BCUT2D eigenvalue weighted by Gasteiger charge is 2.36. The van der Waals surface area contributed by atoms with Crippen LogP contribution in [0.4, 0.5) is 17.6 Å². The maximum Gasteiger partial charge on any atom is 0.401 e. The lowest BCUT2D eigenvalue weighted by Gasteiger charge is -2.34. The fourth-order valence-corrected chi connectivity index (χ4v) is 2.20. The Hall–Kier alpha value is -1.18. The zero-order valence-electron chi connectivity index (χ0n) is 11.1. The van der Waals surface area contributed by atoms with Gasteiger partial charge in [-0.1, -0.05) is 18.2 Å². The summed E-state index contributed by atoms with van der Waals surface area (Å²) >= 11 is 0. The molecule has 0 heterocycles. The SMILES string of the molecule is CC(N)C(c1ccccc1F)N(CCO)CC(F)(F)F. The van der Waals surface area contributed by atoms with Crippen LogP contribution in [0, 0.1) is 5.82 Å². The molecule has 20 heavy (non-hydrogen) atoms. The molecule has 0 saturated heterocycles. The van der Waals surface area contributed by atoms with Crippen molar-refractivity contribution in [3.63, 3.8) is 0 Å². The van der Waals surface area contributed by atoms with Crippen LogP contribution in [0.3, 0.4) is 0 Å². The number of benzene rings is 1. The number of aliphatic hydroxyl groups excluding tert-OH is 1. The second-order valence-corrected chi connectivity index (χ2v) is 4.63. The molecule has 0 fully saturated rings. The van der Waals surface area contributed by atoms with Gasteiger partial charge in [0.15, 0.2) is 0 Å². The summed E-state index contributed by atoms with van der Waals surface area (Å²) < 4.78 is 51.6. The predicted octanol–water partition coefficient (Wildman–Crippen LogP) is 2.07. The second kappa shape index (κ2) is 7.01. The summed E-state index contributed by atoms with van der Waals surface area (Å²) in [5.41, 5.74) is 5.83. The Labute approximate surface area is 115 Å². The van der Waals surface area contributed by atoms with E-state index in [0.717, 1.165) is 4.90 Å². The van der Waals surface area contributed by atoms with Crippen LogP contribution in [-0.4, -0.2) is 41.9 Å². The molecule has 114 valence electrons. The summed E-state index contributed by atoms with van der Waals surface area (Å²) in [7, 11) is 0. The molecule has 1 rings (SSSR count). The van der Waals surface area contributed by atoms with Gasteiger partial charge in [-0.3, -0.25) is 4.90 Å². The van der Waals surface area contributed by atoms with Crippen molar-refractivity contribution in [2.24, 2.45) is 5.73 Å². The molecule has 7 heteroatoms. The van der Waals surface area contributed by atoms with E-state index in [9.17, 15) is 17.6 Å². The number of nitrogens with two attached hydrogens (primary N) is 1. The van der Waals surface area contributed by atoms with E-state index in [1.165, 1.54) is 25.1 Å². The van der Waals surface area contributed by atoms with Crippen LogP contribution in [0.1, 0.15) is 18.5 Å². The maximum absolute atomic E-state index is 13.8. The highest BCUT2D eigenvalue weighted by Crippen LogP contribution is 2.29. The average Bonchev–Trinajstić information content (AvgIpc) is 2.29. The molecule has 3 nitrogen and oxygen atoms in total. The van der Waals surface area contributed by atoms with Crippen molar-refractivity contribution in [2.45, 2.75) is 25.2 Å². The number of alkyl halides is 3. The molecule has 0 saturated carbocycles. The number of aliphatic hydroxyl groups is 1. The quantitative estimate of drug-likeness (QED) is 0.790. The Bertz CT molecular complexity index is 423. The first-order valence-electron chi connectivity index (χ1n) is 6.18. The van der Waals surface area contributed by atoms with Crippen LogP contribution in [0.25, 0.3) is 0 Å². The van der Waals surface area contributed by atoms with E-state index in [2.05, 4.69) is 0 Å². The molecule has 0 aliphatic heterocycles. The Kier molecular flexibility index (Phi) is 5.91.